The van der Waals surface area contributed by atoms with Crippen molar-refractivity contribution in [2.45, 2.75) is 25.3 Å². The van der Waals surface area contributed by atoms with Gasteiger partial charge in [-0.05, 0) is 31.0 Å². The van der Waals surface area contributed by atoms with Crippen molar-refractivity contribution in [1.29, 1.82) is 0 Å². The maximum atomic E-state index is 13.1. The van der Waals surface area contributed by atoms with Gasteiger partial charge in [-0.3, -0.25) is 9.69 Å². The quantitative estimate of drug-likeness (QED) is 0.874. The average Bonchev–Trinajstić information content (AvgIpc) is 2.77. The molecule has 1 amide bonds. The van der Waals surface area contributed by atoms with Crippen LogP contribution in [0.2, 0.25) is 0 Å². The third kappa shape index (κ3) is 2.31. The normalized spacial score (nSPS) is 16.6. The molecular weight excluding hydrogens is 302 g/mol. The van der Waals surface area contributed by atoms with Crippen LogP contribution in [-0.4, -0.2) is 17.0 Å². The zero-order chi connectivity index (χ0) is 17.5. The SMILES string of the molecule is C=C(C(=O)O)C(c1ccccc1)N1C(=O)C(C)(C)c2ccccc21. The number of carboxylic acid groups (broad SMARTS) is 1. The van der Waals surface area contributed by atoms with E-state index >= 15 is 0 Å². The van der Waals surface area contributed by atoms with E-state index in [0.29, 0.717) is 0 Å². The number of hydrogen-bond acceptors (Lipinski definition) is 2. The van der Waals surface area contributed by atoms with Gasteiger partial charge in [-0.1, -0.05) is 55.1 Å². The fourth-order valence-electron chi connectivity index (χ4n) is 3.25. The number of carbonyl (C=O) groups is 2. The van der Waals surface area contributed by atoms with Crippen molar-refractivity contribution in [3.05, 3.63) is 77.9 Å². The van der Waals surface area contributed by atoms with Crippen LogP contribution in [0.25, 0.3) is 0 Å². The molecule has 1 atom stereocenters. The first-order valence-corrected chi connectivity index (χ1v) is 7.76. The number of aliphatic carboxylic acids is 1. The van der Waals surface area contributed by atoms with Crippen molar-refractivity contribution in [3.63, 3.8) is 0 Å². The molecule has 24 heavy (non-hydrogen) atoms. The first-order valence-electron chi connectivity index (χ1n) is 7.76. The minimum Gasteiger partial charge on any atom is -0.478 e. The molecule has 0 saturated carbocycles. The largest absolute Gasteiger partial charge is 0.478 e. The smallest absolute Gasteiger partial charge is 0.333 e. The summed E-state index contributed by atoms with van der Waals surface area (Å²) < 4.78 is 0. The lowest BCUT2D eigenvalue weighted by Crippen LogP contribution is -2.40. The van der Waals surface area contributed by atoms with Crippen LogP contribution < -0.4 is 4.90 Å². The Kier molecular flexibility index (Phi) is 3.76. The minimum absolute atomic E-state index is 0.0259. The summed E-state index contributed by atoms with van der Waals surface area (Å²) in [5.74, 6) is -1.24. The summed E-state index contributed by atoms with van der Waals surface area (Å²) in [7, 11) is 0. The molecule has 1 heterocycles. The molecule has 0 saturated heterocycles. The van der Waals surface area contributed by atoms with Crippen molar-refractivity contribution in [2.75, 3.05) is 4.90 Å². The van der Waals surface area contributed by atoms with E-state index in [9.17, 15) is 14.7 Å². The third-order valence-corrected chi connectivity index (χ3v) is 4.57. The Bertz CT molecular complexity index is 824. The van der Waals surface area contributed by atoms with E-state index in [1.807, 2.05) is 68.4 Å². The molecule has 1 aliphatic rings. The highest BCUT2D eigenvalue weighted by Gasteiger charge is 2.47. The van der Waals surface area contributed by atoms with E-state index in [-0.39, 0.29) is 11.5 Å². The van der Waals surface area contributed by atoms with Crippen LogP contribution >= 0.6 is 0 Å². The number of rotatable bonds is 4. The molecule has 0 fully saturated rings. The van der Waals surface area contributed by atoms with Gasteiger partial charge < -0.3 is 5.11 Å². The first-order chi connectivity index (χ1) is 11.4. The van der Waals surface area contributed by atoms with Crippen LogP contribution in [0.15, 0.2) is 66.7 Å². The van der Waals surface area contributed by atoms with E-state index < -0.39 is 17.4 Å². The fraction of sp³-hybridized carbons (Fsp3) is 0.200. The van der Waals surface area contributed by atoms with E-state index in [4.69, 9.17) is 0 Å². The molecule has 122 valence electrons. The zero-order valence-corrected chi connectivity index (χ0v) is 13.7. The lowest BCUT2D eigenvalue weighted by atomic mass is 9.86. The Morgan fingerprint density at radius 3 is 2.29 bits per heavy atom. The Hall–Kier alpha value is -2.88. The molecule has 2 aromatic carbocycles. The van der Waals surface area contributed by atoms with Gasteiger partial charge in [0.05, 0.1) is 17.0 Å². The number of para-hydroxylation sites is 1. The average molecular weight is 321 g/mol. The Balaban J connectivity index is 2.21. The summed E-state index contributed by atoms with van der Waals surface area (Å²) in [6, 6.07) is 15.9. The summed E-state index contributed by atoms with van der Waals surface area (Å²) in [6.45, 7) is 7.46. The van der Waals surface area contributed by atoms with Crippen molar-refractivity contribution in [1.82, 2.24) is 0 Å². The first kappa shape index (κ1) is 16.0. The predicted molar refractivity (Wildman–Crippen MR) is 92.9 cm³/mol. The highest BCUT2D eigenvalue weighted by molar-refractivity contribution is 6.09. The summed E-state index contributed by atoms with van der Waals surface area (Å²) in [5, 5.41) is 9.50. The summed E-state index contributed by atoms with van der Waals surface area (Å²) in [5.41, 5.74) is 1.63. The second kappa shape index (κ2) is 5.64. The molecule has 1 aliphatic heterocycles. The molecule has 2 aromatic rings. The highest BCUT2D eigenvalue weighted by atomic mass is 16.4. The molecule has 0 spiro atoms. The topological polar surface area (TPSA) is 57.6 Å². The zero-order valence-electron chi connectivity index (χ0n) is 13.7. The molecule has 0 radical (unpaired) electrons. The van der Waals surface area contributed by atoms with E-state index in [1.165, 1.54) is 0 Å². The second-order valence-electron chi connectivity index (χ2n) is 6.46. The highest BCUT2D eigenvalue weighted by Crippen LogP contribution is 2.46. The summed E-state index contributed by atoms with van der Waals surface area (Å²) >= 11 is 0. The Morgan fingerprint density at radius 1 is 1.08 bits per heavy atom. The maximum absolute atomic E-state index is 13.1. The third-order valence-electron chi connectivity index (χ3n) is 4.57. The van der Waals surface area contributed by atoms with Gasteiger partial charge in [-0.25, -0.2) is 4.79 Å². The molecule has 4 nitrogen and oxygen atoms in total. The molecule has 1 N–H and O–H groups in total. The van der Waals surface area contributed by atoms with Gasteiger partial charge >= 0.3 is 5.97 Å². The molecular formula is C20H19NO3. The Labute approximate surface area is 141 Å². The van der Waals surface area contributed by atoms with Crippen molar-refractivity contribution >= 4 is 17.6 Å². The molecule has 0 bridgehead atoms. The van der Waals surface area contributed by atoms with Gasteiger partial charge in [0, 0.05) is 5.69 Å². The van der Waals surface area contributed by atoms with Crippen LogP contribution in [-0.2, 0) is 15.0 Å². The van der Waals surface area contributed by atoms with E-state index in [0.717, 1.165) is 16.8 Å². The summed E-state index contributed by atoms with van der Waals surface area (Å²) in [4.78, 5) is 26.3. The van der Waals surface area contributed by atoms with Gasteiger partial charge in [0.15, 0.2) is 0 Å². The number of hydrogen-bond donors (Lipinski definition) is 1. The second-order valence-corrected chi connectivity index (χ2v) is 6.46. The van der Waals surface area contributed by atoms with Gasteiger partial charge in [0.2, 0.25) is 5.91 Å². The number of anilines is 1. The van der Waals surface area contributed by atoms with Crippen molar-refractivity contribution in [3.8, 4) is 0 Å². The molecule has 0 aliphatic carbocycles. The molecule has 0 aromatic heterocycles. The van der Waals surface area contributed by atoms with Crippen LogP contribution in [0.3, 0.4) is 0 Å². The predicted octanol–water partition coefficient (Wildman–Crippen LogP) is 3.69. The van der Waals surface area contributed by atoms with Gasteiger partial charge in [0.1, 0.15) is 0 Å². The number of carboxylic acids is 1. The number of carbonyl (C=O) groups excluding carboxylic acids is 1. The van der Waals surface area contributed by atoms with Crippen LogP contribution in [0.4, 0.5) is 5.69 Å². The molecule has 4 heteroatoms. The lowest BCUT2D eigenvalue weighted by molar-refractivity contribution is -0.133. The van der Waals surface area contributed by atoms with E-state index in [1.54, 1.807) is 4.90 Å². The van der Waals surface area contributed by atoms with Gasteiger partial charge in [-0.2, -0.15) is 0 Å². The van der Waals surface area contributed by atoms with Crippen molar-refractivity contribution < 1.29 is 14.7 Å². The monoisotopic (exact) mass is 321 g/mol. The van der Waals surface area contributed by atoms with Crippen LogP contribution in [0.1, 0.15) is 31.0 Å². The standard InChI is InChI=1S/C20H19NO3/c1-13(18(22)23)17(14-9-5-4-6-10-14)21-16-12-8-7-11-15(16)20(2,3)19(21)24/h4-12,17H,1H2,2-3H3,(H,22,23). The number of nitrogens with zero attached hydrogens (tertiary/aromatic N) is 1. The minimum atomic E-state index is -1.11. The molecule has 3 rings (SSSR count). The van der Waals surface area contributed by atoms with Gasteiger partial charge in [-0.15, -0.1) is 0 Å². The lowest BCUT2D eigenvalue weighted by Gasteiger charge is -2.30. The van der Waals surface area contributed by atoms with Crippen LogP contribution in [0.5, 0.6) is 0 Å². The van der Waals surface area contributed by atoms with Crippen LogP contribution in [0, 0.1) is 0 Å². The van der Waals surface area contributed by atoms with Gasteiger partial charge in [0.25, 0.3) is 0 Å². The van der Waals surface area contributed by atoms with Crippen molar-refractivity contribution in [2.24, 2.45) is 0 Å². The summed E-state index contributed by atoms with van der Waals surface area (Å²) in [6.07, 6.45) is 0. The fourth-order valence-corrected chi connectivity index (χ4v) is 3.25. The maximum Gasteiger partial charge on any atom is 0.333 e. The molecule has 1 unspecified atom stereocenters. The number of benzene rings is 2. The number of fused-ring (bicyclic) bond motifs is 1. The Morgan fingerprint density at radius 2 is 1.67 bits per heavy atom. The van der Waals surface area contributed by atoms with E-state index in [2.05, 4.69) is 6.58 Å². The number of amides is 1.